The maximum atomic E-state index is 5.57. The fourth-order valence-corrected chi connectivity index (χ4v) is 7.83. The molecule has 6 N–H and O–H groups in total. The van der Waals surface area contributed by atoms with Crippen LogP contribution in [-0.4, -0.2) is 70.6 Å². The van der Waals surface area contributed by atoms with E-state index < -0.39 is 17.1 Å². The lowest BCUT2D eigenvalue weighted by Crippen LogP contribution is -2.49. The summed E-state index contributed by atoms with van der Waals surface area (Å²) >= 11 is 0. The summed E-state index contributed by atoms with van der Waals surface area (Å²) in [6.45, 7) is 11.7. The van der Waals surface area contributed by atoms with E-state index in [1.165, 1.54) is 89.9 Å². The van der Waals surface area contributed by atoms with E-state index in [1.54, 1.807) is 14.2 Å². The van der Waals surface area contributed by atoms with Crippen molar-refractivity contribution < 1.29 is 17.7 Å². The highest BCUT2D eigenvalue weighted by Crippen LogP contribution is 2.18. The largest absolute Gasteiger partial charge is 0.398 e. The van der Waals surface area contributed by atoms with Crippen molar-refractivity contribution in [1.82, 2.24) is 10.6 Å². The summed E-state index contributed by atoms with van der Waals surface area (Å²) in [6.07, 6.45) is 20.1. The smallest absolute Gasteiger partial charge is 0.349 e. The SMILES string of the molecule is CCO[Si](C)(CNCN)OCC.CO[Si](C)(CCCCCCCCCCCCCCCCNCN)OC. The Morgan fingerprint density at radius 3 is 1.27 bits per heavy atom. The van der Waals surface area contributed by atoms with Crippen LogP contribution in [0.25, 0.3) is 0 Å². The lowest BCUT2D eigenvalue weighted by molar-refractivity contribution is 0.187. The second-order valence-electron chi connectivity index (χ2n) is 10.1. The van der Waals surface area contributed by atoms with Crippen molar-refractivity contribution in [2.45, 2.75) is 123 Å². The van der Waals surface area contributed by atoms with E-state index in [2.05, 4.69) is 17.2 Å². The number of unbranched alkanes of at least 4 members (excludes halogenated alkanes) is 13. The highest BCUT2D eigenvalue weighted by atomic mass is 28.4. The van der Waals surface area contributed by atoms with E-state index in [-0.39, 0.29) is 0 Å². The van der Waals surface area contributed by atoms with Crippen molar-refractivity contribution in [3.63, 3.8) is 0 Å². The third kappa shape index (κ3) is 27.5. The Morgan fingerprint density at radius 1 is 0.541 bits per heavy atom. The fourth-order valence-electron chi connectivity index (χ4n) is 4.26. The lowest BCUT2D eigenvalue weighted by atomic mass is 10.0. The van der Waals surface area contributed by atoms with Gasteiger partial charge in [-0.2, -0.15) is 0 Å². The molecule has 0 aliphatic carbocycles. The zero-order chi connectivity index (χ0) is 28.1. The van der Waals surface area contributed by atoms with E-state index in [0.29, 0.717) is 26.6 Å². The molecule has 0 aromatic heterocycles. The molecule has 37 heavy (non-hydrogen) atoms. The van der Waals surface area contributed by atoms with Gasteiger partial charge < -0.3 is 39.8 Å². The van der Waals surface area contributed by atoms with Crippen molar-refractivity contribution in [2.75, 3.05) is 53.5 Å². The first kappa shape index (κ1) is 39.3. The zero-order valence-corrected chi connectivity index (χ0v) is 27.6. The van der Waals surface area contributed by atoms with Crippen LogP contribution < -0.4 is 22.1 Å². The Kier molecular flexibility index (Phi) is 30.9. The molecule has 0 radical (unpaired) electrons. The zero-order valence-electron chi connectivity index (χ0n) is 25.6. The van der Waals surface area contributed by atoms with Gasteiger partial charge in [0.15, 0.2) is 0 Å². The molecule has 0 unspecified atom stereocenters. The first-order chi connectivity index (χ1) is 17.9. The highest BCUT2D eigenvalue weighted by molar-refractivity contribution is 6.66. The quantitative estimate of drug-likeness (QED) is 0.0586. The third-order valence-electron chi connectivity index (χ3n) is 6.73. The standard InChI is InChI=1S/C20H46N2O2Si.C7H20N2O2Si/c1-23-25(3,24-2)19-17-15-13-11-9-7-5-4-6-8-10-12-14-16-18-22-20-21;1-4-10-12(3,11-5-2)7-9-6-8/h22H,4-21H2,1-3H3;9H,4-8H2,1-3H3. The molecule has 226 valence electrons. The Morgan fingerprint density at radius 2 is 0.919 bits per heavy atom. The first-order valence-corrected chi connectivity index (χ1v) is 20.1. The minimum absolute atomic E-state index is 0.475. The molecule has 0 aliphatic heterocycles. The van der Waals surface area contributed by atoms with Crippen LogP contribution in [0.3, 0.4) is 0 Å². The number of hydrogen-bond acceptors (Lipinski definition) is 8. The number of hydrogen-bond donors (Lipinski definition) is 4. The molecule has 10 heteroatoms. The molecule has 0 bridgehead atoms. The van der Waals surface area contributed by atoms with Gasteiger partial charge in [0.25, 0.3) is 0 Å². The molecule has 0 fully saturated rings. The van der Waals surface area contributed by atoms with Crippen LogP contribution in [0.5, 0.6) is 0 Å². The average molecular weight is 567 g/mol. The number of nitrogens with two attached hydrogens (primary N) is 2. The van der Waals surface area contributed by atoms with E-state index in [9.17, 15) is 0 Å². The van der Waals surface area contributed by atoms with Crippen LogP contribution in [0.1, 0.15) is 104 Å². The maximum Gasteiger partial charge on any atom is 0.349 e. The van der Waals surface area contributed by atoms with Crippen LogP contribution in [0.4, 0.5) is 0 Å². The van der Waals surface area contributed by atoms with Gasteiger partial charge in [0.1, 0.15) is 0 Å². The number of nitrogens with one attached hydrogen (secondary N) is 2. The van der Waals surface area contributed by atoms with Gasteiger partial charge in [-0.3, -0.25) is 0 Å². The molecule has 0 saturated heterocycles. The Balaban J connectivity index is 0. The van der Waals surface area contributed by atoms with Crippen LogP contribution in [-0.2, 0) is 17.7 Å². The normalized spacial score (nSPS) is 12.0. The van der Waals surface area contributed by atoms with Crippen LogP contribution in [0.2, 0.25) is 19.1 Å². The fraction of sp³-hybridized carbons (Fsp3) is 1.00. The van der Waals surface area contributed by atoms with E-state index in [0.717, 1.165) is 18.8 Å². The minimum atomic E-state index is -1.96. The Bertz CT molecular complexity index is 445. The van der Waals surface area contributed by atoms with Gasteiger partial charge in [0.05, 0.1) is 0 Å². The summed E-state index contributed by atoms with van der Waals surface area (Å²) in [5.41, 5.74) is 10.7. The molecule has 0 aromatic carbocycles. The molecular weight excluding hydrogens is 500 g/mol. The molecule has 0 atom stereocenters. The monoisotopic (exact) mass is 566 g/mol. The predicted molar refractivity (Wildman–Crippen MR) is 164 cm³/mol. The molecule has 0 aliphatic rings. The summed E-state index contributed by atoms with van der Waals surface area (Å²) in [7, 11) is -0.199. The molecule has 0 saturated carbocycles. The van der Waals surface area contributed by atoms with Gasteiger partial charge in [-0.05, 0) is 46.0 Å². The summed E-state index contributed by atoms with van der Waals surface area (Å²) in [6, 6.07) is 1.13. The Hall–Kier alpha value is 0.114. The Labute approximate surface area is 233 Å². The molecule has 0 spiro atoms. The molecule has 0 heterocycles. The second kappa shape index (κ2) is 29.1. The van der Waals surface area contributed by atoms with Gasteiger partial charge in [-0.25, -0.2) is 0 Å². The van der Waals surface area contributed by atoms with Crippen molar-refractivity contribution >= 4 is 17.1 Å². The van der Waals surface area contributed by atoms with E-state index >= 15 is 0 Å². The first-order valence-electron chi connectivity index (χ1n) is 15.1. The number of rotatable bonds is 27. The van der Waals surface area contributed by atoms with Gasteiger partial charge in [0.2, 0.25) is 0 Å². The van der Waals surface area contributed by atoms with Crippen molar-refractivity contribution in [2.24, 2.45) is 11.5 Å². The van der Waals surface area contributed by atoms with Gasteiger partial charge in [0, 0.05) is 46.9 Å². The van der Waals surface area contributed by atoms with E-state index in [1.807, 2.05) is 20.4 Å². The highest BCUT2D eigenvalue weighted by Gasteiger charge is 2.30. The minimum Gasteiger partial charge on any atom is -0.398 e. The molecular formula is C27H66N4O4Si2. The molecule has 8 nitrogen and oxygen atoms in total. The molecule has 0 rings (SSSR count). The maximum absolute atomic E-state index is 5.57. The topological polar surface area (TPSA) is 113 Å². The lowest BCUT2D eigenvalue weighted by Gasteiger charge is -2.25. The average Bonchev–Trinajstić information content (AvgIpc) is 2.90. The molecule has 0 amide bonds. The van der Waals surface area contributed by atoms with Gasteiger partial charge in [-0.1, -0.05) is 83.5 Å². The summed E-state index contributed by atoms with van der Waals surface area (Å²) in [4.78, 5) is 0. The van der Waals surface area contributed by atoms with E-state index in [4.69, 9.17) is 29.2 Å². The van der Waals surface area contributed by atoms with Crippen molar-refractivity contribution in [3.8, 4) is 0 Å². The van der Waals surface area contributed by atoms with Gasteiger partial charge in [-0.15, -0.1) is 0 Å². The summed E-state index contributed by atoms with van der Waals surface area (Å²) in [5.74, 6) is 0. The van der Waals surface area contributed by atoms with Crippen LogP contribution in [0, 0.1) is 0 Å². The predicted octanol–water partition coefficient (Wildman–Crippen LogP) is 5.49. The summed E-state index contributed by atoms with van der Waals surface area (Å²) in [5, 5.41) is 6.22. The van der Waals surface area contributed by atoms with Crippen LogP contribution >= 0.6 is 0 Å². The van der Waals surface area contributed by atoms with Crippen molar-refractivity contribution in [1.29, 1.82) is 0 Å². The van der Waals surface area contributed by atoms with Crippen LogP contribution in [0.15, 0.2) is 0 Å². The second-order valence-corrected chi connectivity index (χ2v) is 16.9. The van der Waals surface area contributed by atoms with Crippen molar-refractivity contribution in [3.05, 3.63) is 0 Å². The third-order valence-corrected chi connectivity index (χ3v) is 12.4. The summed E-state index contributed by atoms with van der Waals surface area (Å²) < 4.78 is 22.2. The van der Waals surface area contributed by atoms with Gasteiger partial charge >= 0.3 is 17.1 Å². The molecule has 0 aromatic rings.